The fraction of sp³-hybridized carbons (Fsp3) is 0.262. The standard InChI is InChI=1S/C42H38N6O9/c49-38-12-11-37(40(50)44-38)48-41(51)33-9-7-31(24-34(33)42(48)52)57-22-20-55-18-17-54-19-21-56-30-5-3-29(4-6-30)47-25-35(39(45-47)26-13-15-43-16-14-26)28-1-8-32-27(23-28)2-10-36(32)46-53/h1,3-9,13-16,23-25,37,53H,2,10-12,17-22H2,(H,44,49,50)/b46-36+. The van der Waals surface area contributed by atoms with Crippen LogP contribution in [0.15, 0.2) is 96.5 Å². The van der Waals surface area contributed by atoms with Gasteiger partial charge in [0.1, 0.15) is 36.4 Å². The molecule has 2 aromatic heterocycles. The van der Waals surface area contributed by atoms with Crippen molar-refractivity contribution in [3.63, 3.8) is 0 Å². The molecule has 2 aliphatic heterocycles. The molecule has 290 valence electrons. The molecule has 57 heavy (non-hydrogen) atoms. The van der Waals surface area contributed by atoms with E-state index in [1.54, 1.807) is 18.5 Å². The largest absolute Gasteiger partial charge is 0.491 e. The molecule has 1 aliphatic carbocycles. The molecule has 4 amide bonds. The first-order valence-corrected chi connectivity index (χ1v) is 18.6. The Hall–Kier alpha value is -6.71. The minimum atomic E-state index is -1.02. The van der Waals surface area contributed by atoms with Crippen molar-refractivity contribution >= 4 is 29.3 Å². The summed E-state index contributed by atoms with van der Waals surface area (Å²) in [5.74, 6) is -1.16. The van der Waals surface area contributed by atoms with Crippen LogP contribution in [0.25, 0.3) is 28.1 Å². The van der Waals surface area contributed by atoms with E-state index in [1.165, 1.54) is 12.1 Å². The fourth-order valence-electron chi connectivity index (χ4n) is 7.18. The summed E-state index contributed by atoms with van der Waals surface area (Å²) >= 11 is 0. The molecular formula is C42H38N6O9. The maximum absolute atomic E-state index is 13.0. The van der Waals surface area contributed by atoms with Gasteiger partial charge in [-0.25, -0.2) is 4.68 Å². The van der Waals surface area contributed by atoms with E-state index in [0.717, 1.165) is 50.5 Å². The average Bonchev–Trinajstić information content (AvgIpc) is 3.93. The van der Waals surface area contributed by atoms with Gasteiger partial charge in [0, 0.05) is 41.7 Å². The van der Waals surface area contributed by atoms with E-state index >= 15 is 0 Å². The highest BCUT2D eigenvalue weighted by atomic mass is 16.6. The van der Waals surface area contributed by atoms with Crippen LogP contribution >= 0.6 is 0 Å². The second kappa shape index (κ2) is 16.6. The second-order valence-corrected chi connectivity index (χ2v) is 13.6. The number of hydrogen-bond donors (Lipinski definition) is 2. The molecule has 0 spiro atoms. The summed E-state index contributed by atoms with van der Waals surface area (Å²) < 4.78 is 24.7. The number of imide groups is 2. The second-order valence-electron chi connectivity index (χ2n) is 13.6. The Bertz CT molecular complexity index is 2360. The number of carbonyl (C=O) groups excluding carboxylic acids is 4. The minimum Gasteiger partial charge on any atom is -0.491 e. The highest BCUT2D eigenvalue weighted by molar-refractivity contribution is 6.23. The van der Waals surface area contributed by atoms with E-state index in [2.05, 4.69) is 21.5 Å². The minimum absolute atomic E-state index is 0.0563. The molecule has 0 bridgehead atoms. The van der Waals surface area contributed by atoms with E-state index in [1.807, 2.05) is 59.4 Å². The number of hydrogen-bond acceptors (Lipinski definition) is 12. The Morgan fingerprint density at radius 3 is 2.12 bits per heavy atom. The first-order valence-electron chi connectivity index (χ1n) is 18.6. The lowest BCUT2D eigenvalue weighted by molar-refractivity contribution is -0.136. The number of aryl methyl sites for hydroxylation is 1. The molecule has 1 atom stereocenters. The summed E-state index contributed by atoms with van der Waals surface area (Å²) in [6.45, 7) is 1.89. The zero-order valence-electron chi connectivity index (χ0n) is 30.8. The summed E-state index contributed by atoms with van der Waals surface area (Å²) in [5.41, 5.74) is 7.83. The van der Waals surface area contributed by atoms with Crippen LogP contribution in [0.1, 0.15) is 51.1 Å². The number of carbonyl (C=O) groups is 4. The molecule has 5 aromatic rings. The first-order chi connectivity index (χ1) is 27.9. The Balaban J connectivity index is 0.766. The van der Waals surface area contributed by atoms with Crippen LogP contribution < -0.4 is 14.8 Å². The zero-order chi connectivity index (χ0) is 39.3. The van der Waals surface area contributed by atoms with E-state index in [9.17, 15) is 24.4 Å². The number of piperidine rings is 1. The van der Waals surface area contributed by atoms with Crippen molar-refractivity contribution in [1.29, 1.82) is 0 Å². The van der Waals surface area contributed by atoms with Crippen LogP contribution in [0.4, 0.5) is 0 Å². The normalized spacial score (nSPS) is 16.9. The number of benzene rings is 3. The quantitative estimate of drug-likeness (QED) is 0.0656. The Morgan fingerprint density at radius 1 is 0.702 bits per heavy atom. The SMILES string of the molecule is O=C1CCC(N2C(=O)c3ccc(OCCOCCOCCOc4ccc(-n5cc(-c6ccc7c(c6)CC/C7=N\O)c(-c6ccncc6)n5)cc4)cc3C2=O)C(=O)N1. The molecular weight excluding hydrogens is 732 g/mol. The van der Waals surface area contributed by atoms with Crippen molar-refractivity contribution in [3.05, 3.63) is 114 Å². The van der Waals surface area contributed by atoms with Gasteiger partial charge in [-0.05, 0) is 85.0 Å². The maximum atomic E-state index is 13.0. The first kappa shape index (κ1) is 37.2. The number of fused-ring (bicyclic) bond motifs is 2. The summed E-state index contributed by atoms with van der Waals surface area (Å²) in [4.78, 5) is 54.8. The van der Waals surface area contributed by atoms with Crippen molar-refractivity contribution in [3.8, 4) is 39.6 Å². The molecule has 4 heterocycles. The molecule has 1 fully saturated rings. The van der Waals surface area contributed by atoms with Crippen molar-refractivity contribution in [2.24, 2.45) is 5.16 Å². The lowest BCUT2D eigenvalue weighted by atomic mass is 9.98. The Labute approximate surface area is 326 Å². The van der Waals surface area contributed by atoms with Gasteiger partial charge in [-0.3, -0.25) is 34.4 Å². The highest BCUT2D eigenvalue weighted by Gasteiger charge is 2.44. The van der Waals surface area contributed by atoms with Crippen LogP contribution in [0.2, 0.25) is 0 Å². The average molecular weight is 771 g/mol. The Morgan fingerprint density at radius 2 is 1.39 bits per heavy atom. The third-order valence-electron chi connectivity index (χ3n) is 10.0. The maximum Gasteiger partial charge on any atom is 0.262 e. The number of oxime groups is 1. The van der Waals surface area contributed by atoms with Gasteiger partial charge in [-0.15, -0.1) is 0 Å². The predicted octanol–water partition coefficient (Wildman–Crippen LogP) is 4.62. The number of pyridine rings is 1. The van der Waals surface area contributed by atoms with Gasteiger partial charge in [0.15, 0.2) is 0 Å². The molecule has 15 heteroatoms. The zero-order valence-corrected chi connectivity index (χ0v) is 30.8. The Kier molecular flexibility index (Phi) is 10.8. The van der Waals surface area contributed by atoms with Crippen molar-refractivity contribution < 1.29 is 43.3 Å². The number of amides is 4. The van der Waals surface area contributed by atoms with E-state index in [4.69, 9.17) is 24.0 Å². The number of nitrogens with zero attached hydrogens (tertiary/aromatic N) is 5. The van der Waals surface area contributed by atoms with Gasteiger partial charge in [-0.2, -0.15) is 5.10 Å². The molecule has 1 unspecified atom stereocenters. The van der Waals surface area contributed by atoms with Gasteiger partial charge in [-0.1, -0.05) is 23.4 Å². The van der Waals surface area contributed by atoms with Gasteiger partial charge in [0.25, 0.3) is 11.8 Å². The van der Waals surface area contributed by atoms with Crippen LogP contribution in [-0.4, -0.2) is 99.9 Å². The van der Waals surface area contributed by atoms with E-state index in [-0.39, 0.29) is 37.2 Å². The van der Waals surface area contributed by atoms with Gasteiger partial charge in [0.2, 0.25) is 11.8 Å². The number of aromatic nitrogens is 3. The molecule has 3 aliphatic rings. The summed E-state index contributed by atoms with van der Waals surface area (Å²) in [6, 6.07) is 21.3. The van der Waals surface area contributed by atoms with Gasteiger partial charge < -0.3 is 24.2 Å². The fourth-order valence-corrected chi connectivity index (χ4v) is 7.18. The molecule has 8 rings (SSSR count). The molecule has 2 N–H and O–H groups in total. The van der Waals surface area contributed by atoms with Gasteiger partial charge >= 0.3 is 0 Å². The van der Waals surface area contributed by atoms with E-state index < -0.39 is 29.7 Å². The number of rotatable bonds is 15. The summed E-state index contributed by atoms with van der Waals surface area (Å²) in [6.07, 6.45) is 7.21. The summed E-state index contributed by atoms with van der Waals surface area (Å²) in [7, 11) is 0. The molecule has 1 saturated heterocycles. The van der Waals surface area contributed by atoms with E-state index in [0.29, 0.717) is 50.1 Å². The van der Waals surface area contributed by atoms with Crippen molar-refractivity contribution in [1.82, 2.24) is 25.0 Å². The monoisotopic (exact) mass is 770 g/mol. The molecule has 3 aromatic carbocycles. The number of ether oxygens (including phenoxy) is 4. The van der Waals surface area contributed by atoms with Gasteiger partial charge in [0.05, 0.1) is 49.0 Å². The van der Waals surface area contributed by atoms with Crippen LogP contribution in [0.5, 0.6) is 11.5 Å². The van der Waals surface area contributed by atoms with Crippen molar-refractivity contribution in [2.45, 2.75) is 31.7 Å². The van der Waals surface area contributed by atoms with Crippen molar-refractivity contribution in [2.75, 3.05) is 39.6 Å². The lowest BCUT2D eigenvalue weighted by Crippen LogP contribution is -2.54. The molecule has 15 nitrogen and oxygen atoms in total. The van der Waals surface area contributed by atoms with Crippen LogP contribution in [-0.2, 0) is 25.5 Å². The highest BCUT2D eigenvalue weighted by Crippen LogP contribution is 2.35. The topological polar surface area (TPSA) is 184 Å². The molecule has 0 saturated carbocycles. The lowest BCUT2D eigenvalue weighted by Gasteiger charge is -2.27. The summed E-state index contributed by atoms with van der Waals surface area (Å²) in [5, 5.41) is 20.0. The smallest absolute Gasteiger partial charge is 0.262 e. The van der Waals surface area contributed by atoms with Crippen LogP contribution in [0.3, 0.4) is 0 Å². The molecule has 0 radical (unpaired) electrons. The third kappa shape index (κ3) is 7.88. The predicted molar refractivity (Wildman–Crippen MR) is 205 cm³/mol. The number of nitrogens with one attached hydrogen (secondary N) is 1. The van der Waals surface area contributed by atoms with Crippen LogP contribution in [0, 0.1) is 0 Å². The third-order valence-corrected chi connectivity index (χ3v) is 10.0.